The number of aromatic nitrogens is 1. The van der Waals surface area contributed by atoms with Crippen LogP contribution < -0.4 is 14.8 Å². The molecule has 1 amide bonds. The summed E-state index contributed by atoms with van der Waals surface area (Å²) in [6, 6.07) is 13.3. The first-order valence-corrected chi connectivity index (χ1v) is 9.96. The minimum absolute atomic E-state index is 0.0435. The summed E-state index contributed by atoms with van der Waals surface area (Å²) in [7, 11) is 0. The predicted molar refractivity (Wildman–Crippen MR) is 110 cm³/mol. The maximum atomic E-state index is 12.9. The van der Waals surface area contributed by atoms with E-state index in [0.717, 1.165) is 34.4 Å². The molecule has 0 spiro atoms. The minimum Gasteiger partial charge on any atom is -0.494 e. The van der Waals surface area contributed by atoms with Gasteiger partial charge in [-0.25, -0.2) is 0 Å². The molecule has 2 heterocycles. The summed E-state index contributed by atoms with van der Waals surface area (Å²) in [6.45, 7) is 5.75. The molecule has 4 rings (SSSR count). The van der Waals surface area contributed by atoms with E-state index in [-0.39, 0.29) is 12.0 Å². The molecule has 0 radical (unpaired) electrons. The highest BCUT2D eigenvalue weighted by Gasteiger charge is 2.26. The fourth-order valence-corrected chi connectivity index (χ4v) is 3.77. The molecule has 0 unspecified atom stereocenters. The van der Waals surface area contributed by atoms with Gasteiger partial charge in [0, 0.05) is 11.9 Å². The van der Waals surface area contributed by atoms with Gasteiger partial charge in [-0.05, 0) is 49.2 Å². The molecule has 0 fully saturated rings. The molecule has 0 saturated heterocycles. The van der Waals surface area contributed by atoms with Gasteiger partial charge in [0.25, 0.3) is 5.91 Å². The summed E-state index contributed by atoms with van der Waals surface area (Å²) >= 11 is 6.37. The van der Waals surface area contributed by atoms with Crippen molar-refractivity contribution >= 4 is 28.4 Å². The Balaban J connectivity index is 1.58. The van der Waals surface area contributed by atoms with Crippen LogP contribution in [0.2, 0.25) is 5.02 Å². The molecule has 0 bridgehead atoms. The van der Waals surface area contributed by atoms with Crippen molar-refractivity contribution in [2.75, 3.05) is 6.61 Å². The third-order valence-electron chi connectivity index (χ3n) is 5.02. The molecule has 1 N–H and O–H groups in total. The lowest BCUT2D eigenvalue weighted by Gasteiger charge is -2.26. The second-order valence-electron chi connectivity index (χ2n) is 6.86. The lowest BCUT2D eigenvalue weighted by Crippen LogP contribution is -2.31. The molecule has 146 valence electrons. The van der Waals surface area contributed by atoms with E-state index < -0.39 is 0 Å². The summed E-state index contributed by atoms with van der Waals surface area (Å²) in [4.78, 5) is 12.9. The summed E-state index contributed by atoms with van der Waals surface area (Å²) < 4.78 is 13.5. The van der Waals surface area contributed by atoms with E-state index in [1.54, 1.807) is 0 Å². The highest BCUT2D eigenvalue weighted by molar-refractivity contribution is 6.36. The summed E-state index contributed by atoms with van der Waals surface area (Å²) in [5.41, 5.74) is 2.51. The van der Waals surface area contributed by atoms with Gasteiger partial charge in [0.15, 0.2) is 0 Å². The zero-order valence-electron chi connectivity index (χ0n) is 16.0. The molecule has 5 nitrogen and oxygen atoms in total. The number of hydrogen-bond donors (Lipinski definition) is 1. The molecule has 28 heavy (non-hydrogen) atoms. The van der Waals surface area contributed by atoms with Gasteiger partial charge < -0.3 is 19.4 Å². The van der Waals surface area contributed by atoms with Crippen molar-refractivity contribution in [2.45, 2.75) is 39.5 Å². The molecular formula is C22H23ClN2O3. The van der Waals surface area contributed by atoms with Crippen LogP contribution >= 0.6 is 11.6 Å². The average molecular weight is 399 g/mol. The standard InChI is InChI=1S/C22H23ClN2O3/c1-3-15-13-25-19(11-17-18(23)9-10-20(28-15)21(17)25)22(26)24-12-14-5-7-16(8-6-14)27-4-2/h5-11,15H,3-4,12-13H2,1-2H3,(H,24,26)/t15-/m1/s1. The van der Waals surface area contributed by atoms with Crippen molar-refractivity contribution in [2.24, 2.45) is 0 Å². The van der Waals surface area contributed by atoms with Crippen LogP contribution in [0.4, 0.5) is 0 Å². The Hall–Kier alpha value is -2.66. The zero-order valence-corrected chi connectivity index (χ0v) is 16.8. The summed E-state index contributed by atoms with van der Waals surface area (Å²) in [6.07, 6.45) is 0.913. The monoisotopic (exact) mass is 398 g/mol. The van der Waals surface area contributed by atoms with Crippen LogP contribution in [0.15, 0.2) is 42.5 Å². The van der Waals surface area contributed by atoms with Gasteiger partial charge in [0.1, 0.15) is 23.3 Å². The van der Waals surface area contributed by atoms with Crippen molar-refractivity contribution in [1.82, 2.24) is 9.88 Å². The van der Waals surface area contributed by atoms with Crippen molar-refractivity contribution in [3.8, 4) is 11.5 Å². The molecule has 0 saturated carbocycles. The number of ether oxygens (including phenoxy) is 2. The Morgan fingerprint density at radius 1 is 1.25 bits per heavy atom. The number of carbonyl (C=O) groups excluding carboxylic acids is 1. The molecule has 1 aliphatic heterocycles. The van der Waals surface area contributed by atoms with Crippen molar-refractivity contribution < 1.29 is 14.3 Å². The molecule has 1 aliphatic rings. The lowest BCUT2D eigenvalue weighted by atomic mass is 10.2. The Morgan fingerprint density at radius 2 is 2.04 bits per heavy atom. The van der Waals surface area contributed by atoms with E-state index in [1.165, 1.54) is 0 Å². The lowest BCUT2D eigenvalue weighted by molar-refractivity contribution is 0.0935. The van der Waals surface area contributed by atoms with E-state index in [1.807, 2.05) is 54.0 Å². The summed E-state index contributed by atoms with van der Waals surface area (Å²) in [5.74, 6) is 1.49. The maximum Gasteiger partial charge on any atom is 0.268 e. The van der Waals surface area contributed by atoms with Crippen LogP contribution in [0.1, 0.15) is 36.3 Å². The van der Waals surface area contributed by atoms with Gasteiger partial charge in [-0.3, -0.25) is 4.79 Å². The van der Waals surface area contributed by atoms with Gasteiger partial charge in [0.2, 0.25) is 0 Å². The predicted octanol–water partition coefficient (Wildman–Crippen LogP) is 4.79. The minimum atomic E-state index is -0.121. The quantitative estimate of drug-likeness (QED) is 0.649. The SMILES string of the molecule is CCOc1ccc(CNC(=O)c2cc3c(Cl)ccc4c3n2C[C@@H](CC)O4)cc1. The van der Waals surface area contributed by atoms with E-state index in [9.17, 15) is 4.79 Å². The molecule has 1 aromatic heterocycles. The smallest absolute Gasteiger partial charge is 0.268 e. The van der Waals surface area contributed by atoms with Crippen LogP contribution in [0.25, 0.3) is 10.9 Å². The number of halogens is 1. The van der Waals surface area contributed by atoms with Crippen molar-refractivity contribution in [1.29, 1.82) is 0 Å². The number of nitrogens with one attached hydrogen (secondary N) is 1. The first-order chi connectivity index (χ1) is 13.6. The molecule has 1 atom stereocenters. The van der Waals surface area contributed by atoms with E-state index in [0.29, 0.717) is 30.4 Å². The Kier molecular flexibility index (Phi) is 5.18. The topological polar surface area (TPSA) is 52.5 Å². The largest absolute Gasteiger partial charge is 0.494 e. The average Bonchev–Trinajstić information content (AvgIpc) is 3.11. The van der Waals surface area contributed by atoms with Gasteiger partial charge in [-0.2, -0.15) is 0 Å². The molecule has 3 aromatic rings. The second-order valence-corrected chi connectivity index (χ2v) is 7.26. The van der Waals surface area contributed by atoms with E-state index in [4.69, 9.17) is 21.1 Å². The number of benzene rings is 2. The van der Waals surface area contributed by atoms with Crippen LogP contribution in [-0.2, 0) is 13.1 Å². The van der Waals surface area contributed by atoms with Crippen LogP contribution in [0.3, 0.4) is 0 Å². The first-order valence-electron chi connectivity index (χ1n) is 9.59. The maximum absolute atomic E-state index is 12.9. The number of hydrogen-bond acceptors (Lipinski definition) is 3. The van der Waals surface area contributed by atoms with Crippen LogP contribution in [-0.4, -0.2) is 23.2 Å². The normalized spacial score (nSPS) is 15.3. The van der Waals surface area contributed by atoms with Gasteiger partial charge in [-0.15, -0.1) is 0 Å². The third-order valence-corrected chi connectivity index (χ3v) is 5.35. The van der Waals surface area contributed by atoms with E-state index in [2.05, 4.69) is 12.2 Å². The molecule has 0 aliphatic carbocycles. The van der Waals surface area contributed by atoms with Gasteiger partial charge in [-0.1, -0.05) is 30.7 Å². The molecular weight excluding hydrogens is 376 g/mol. The van der Waals surface area contributed by atoms with Gasteiger partial charge >= 0.3 is 0 Å². The van der Waals surface area contributed by atoms with Crippen molar-refractivity contribution in [3.05, 3.63) is 58.7 Å². The fourth-order valence-electron chi connectivity index (χ4n) is 3.56. The second kappa shape index (κ2) is 7.76. The molecule has 6 heteroatoms. The highest BCUT2D eigenvalue weighted by atomic mass is 35.5. The number of carbonyl (C=O) groups is 1. The fraction of sp³-hybridized carbons (Fsp3) is 0.318. The Morgan fingerprint density at radius 3 is 2.75 bits per heavy atom. The zero-order chi connectivity index (χ0) is 19.7. The van der Waals surface area contributed by atoms with E-state index >= 15 is 0 Å². The molecule has 2 aromatic carbocycles. The Labute approximate surface area is 169 Å². The summed E-state index contributed by atoms with van der Waals surface area (Å²) in [5, 5.41) is 4.48. The number of rotatable bonds is 6. The third kappa shape index (κ3) is 3.42. The first kappa shape index (κ1) is 18.7. The van der Waals surface area contributed by atoms with Crippen molar-refractivity contribution in [3.63, 3.8) is 0 Å². The van der Waals surface area contributed by atoms with Crippen LogP contribution in [0, 0.1) is 0 Å². The van der Waals surface area contributed by atoms with Crippen LogP contribution in [0.5, 0.6) is 11.5 Å². The number of amides is 1. The number of nitrogens with zero attached hydrogens (tertiary/aromatic N) is 1. The Bertz CT molecular complexity index is 1010. The van der Waals surface area contributed by atoms with Gasteiger partial charge in [0.05, 0.1) is 23.7 Å². The highest BCUT2D eigenvalue weighted by Crippen LogP contribution is 2.38.